The van der Waals surface area contributed by atoms with E-state index in [1.807, 2.05) is 6.92 Å². The van der Waals surface area contributed by atoms with E-state index in [0.29, 0.717) is 40.1 Å². The lowest BCUT2D eigenvalue weighted by Crippen LogP contribution is -2.42. The number of halogens is 1. The standard InChI is InChI=1S/C19H22ClNO6/c1-4-5-6-14(18(23)24)21-17(22)8-12-10(2)11-7-13(20)16(26-3)9-15(11)27-19(12)25/h7,9,14H,4-6,8H2,1-3H3,(H,21,22)(H,23,24). The smallest absolute Gasteiger partial charge is 0.340 e. The highest BCUT2D eigenvalue weighted by Gasteiger charge is 2.22. The third-order valence-electron chi connectivity index (χ3n) is 4.38. The summed E-state index contributed by atoms with van der Waals surface area (Å²) in [5.74, 6) is -1.27. The number of methoxy groups -OCH3 is 1. The molecule has 146 valence electrons. The maximum absolute atomic E-state index is 12.3. The number of aryl methyl sites for hydroxylation is 1. The van der Waals surface area contributed by atoms with Crippen LogP contribution in [0.4, 0.5) is 0 Å². The zero-order chi connectivity index (χ0) is 20.1. The predicted octanol–water partition coefficient (Wildman–Crippen LogP) is 3.07. The van der Waals surface area contributed by atoms with Gasteiger partial charge in [0, 0.05) is 11.5 Å². The number of ether oxygens (including phenoxy) is 1. The van der Waals surface area contributed by atoms with Crippen LogP contribution in [-0.4, -0.2) is 30.1 Å². The van der Waals surface area contributed by atoms with Gasteiger partial charge in [-0.1, -0.05) is 31.4 Å². The number of benzene rings is 1. The molecule has 0 saturated heterocycles. The van der Waals surface area contributed by atoms with Crippen molar-refractivity contribution < 1.29 is 23.8 Å². The van der Waals surface area contributed by atoms with Crippen LogP contribution in [0, 0.1) is 6.92 Å². The van der Waals surface area contributed by atoms with E-state index in [4.69, 9.17) is 20.8 Å². The second-order valence-electron chi connectivity index (χ2n) is 6.25. The van der Waals surface area contributed by atoms with Crippen molar-refractivity contribution in [3.8, 4) is 5.75 Å². The van der Waals surface area contributed by atoms with E-state index in [9.17, 15) is 19.5 Å². The van der Waals surface area contributed by atoms with Crippen LogP contribution in [-0.2, 0) is 16.0 Å². The molecule has 1 unspecified atom stereocenters. The molecular weight excluding hydrogens is 374 g/mol. The van der Waals surface area contributed by atoms with Crippen molar-refractivity contribution in [1.82, 2.24) is 5.32 Å². The Morgan fingerprint density at radius 3 is 2.67 bits per heavy atom. The lowest BCUT2D eigenvalue weighted by molar-refractivity contribution is -0.142. The van der Waals surface area contributed by atoms with Gasteiger partial charge in [-0.25, -0.2) is 9.59 Å². The van der Waals surface area contributed by atoms with Gasteiger partial charge in [-0.15, -0.1) is 0 Å². The van der Waals surface area contributed by atoms with Gasteiger partial charge >= 0.3 is 11.6 Å². The molecule has 0 spiro atoms. The summed E-state index contributed by atoms with van der Waals surface area (Å²) in [4.78, 5) is 35.9. The first-order valence-electron chi connectivity index (χ1n) is 8.60. The first kappa shape index (κ1) is 20.8. The van der Waals surface area contributed by atoms with Crippen LogP contribution in [0.25, 0.3) is 11.0 Å². The second kappa shape index (κ2) is 8.90. The number of hydrogen-bond acceptors (Lipinski definition) is 5. The Kier molecular flexibility index (Phi) is 6.85. The molecule has 0 aliphatic carbocycles. The number of nitrogens with one attached hydrogen (secondary N) is 1. The molecule has 0 bridgehead atoms. The van der Waals surface area contributed by atoms with Crippen LogP contribution in [0.1, 0.15) is 37.3 Å². The number of aliphatic carboxylic acids is 1. The van der Waals surface area contributed by atoms with Crippen molar-refractivity contribution in [3.05, 3.63) is 38.7 Å². The van der Waals surface area contributed by atoms with E-state index >= 15 is 0 Å². The largest absolute Gasteiger partial charge is 0.495 e. The molecule has 2 rings (SSSR count). The summed E-state index contributed by atoms with van der Waals surface area (Å²) in [5, 5.41) is 12.6. The molecular formula is C19H22ClNO6. The van der Waals surface area contributed by atoms with Gasteiger partial charge in [-0.2, -0.15) is 0 Å². The topological polar surface area (TPSA) is 106 Å². The molecule has 1 atom stereocenters. The quantitative estimate of drug-likeness (QED) is 0.665. The number of carbonyl (C=O) groups is 2. The minimum atomic E-state index is -1.10. The molecule has 2 N–H and O–H groups in total. The predicted molar refractivity (Wildman–Crippen MR) is 102 cm³/mol. The Morgan fingerprint density at radius 2 is 2.07 bits per heavy atom. The fourth-order valence-corrected chi connectivity index (χ4v) is 3.06. The van der Waals surface area contributed by atoms with E-state index in [2.05, 4.69) is 5.32 Å². The van der Waals surface area contributed by atoms with Gasteiger partial charge in [-0.05, 0) is 25.0 Å². The van der Waals surface area contributed by atoms with Crippen LogP contribution < -0.4 is 15.7 Å². The third kappa shape index (κ3) is 4.80. The molecule has 1 heterocycles. The minimum absolute atomic E-state index is 0.167. The molecule has 7 nitrogen and oxygen atoms in total. The summed E-state index contributed by atoms with van der Waals surface area (Å²) in [6, 6.07) is 2.14. The summed E-state index contributed by atoms with van der Waals surface area (Å²) in [5.41, 5.74) is 0.372. The zero-order valence-electron chi connectivity index (χ0n) is 15.4. The first-order chi connectivity index (χ1) is 12.8. The number of rotatable bonds is 8. The van der Waals surface area contributed by atoms with E-state index in [1.54, 1.807) is 13.0 Å². The van der Waals surface area contributed by atoms with E-state index in [-0.39, 0.29) is 12.0 Å². The molecule has 0 aliphatic heterocycles. The summed E-state index contributed by atoms with van der Waals surface area (Å²) in [6.07, 6.45) is 1.55. The number of carboxylic acids is 1. The molecule has 1 amide bonds. The van der Waals surface area contributed by atoms with Crippen LogP contribution in [0.3, 0.4) is 0 Å². The number of carboxylic acid groups (broad SMARTS) is 1. The Balaban J connectivity index is 2.31. The fraction of sp³-hybridized carbons (Fsp3) is 0.421. The molecule has 0 saturated carbocycles. The maximum Gasteiger partial charge on any atom is 0.340 e. The molecule has 0 aliphatic rings. The minimum Gasteiger partial charge on any atom is -0.495 e. The Hall–Kier alpha value is -2.54. The highest BCUT2D eigenvalue weighted by atomic mass is 35.5. The van der Waals surface area contributed by atoms with Crippen molar-refractivity contribution in [2.75, 3.05) is 7.11 Å². The van der Waals surface area contributed by atoms with Crippen molar-refractivity contribution >= 4 is 34.4 Å². The van der Waals surface area contributed by atoms with Crippen molar-refractivity contribution in [3.63, 3.8) is 0 Å². The van der Waals surface area contributed by atoms with Crippen LogP contribution >= 0.6 is 11.6 Å². The third-order valence-corrected chi connectivity index (χ3v) is 4.67. The summed E-state index contributed by atoms with van der Waals surface area (Å²) in [6.45, 7) is 3.63. The Morgan fingerprint density at radius 1 is 1.37 bits per heavy atom. The Labute approximate surface area is 161 Å². The normalized spacial score (nSPS) is 12.0. The number of amides is 1. The van der Waals surface area contributed by atoms with Crippen LogP contribution in [0.2, 0.25) is 5.02 Å². The highest BCUT2D eigenvalue weighted by Crippen LogP contribution is 2.31. The van der Waals surface area contributed by atoms with Gasteiger partial charge < -0.3 is 19.6 Å². The summed E-state index contributed by atoms with van der Waals surface area (Å²) in [7, 11) is 1.45. The van der Waals surface area contributed by atoms with Gasteiger partial charge in [0.2, 0.25) is 5.91 Å². The summed E-state index contributed by atoms with van der Waals surface area (Å²) >= 11 is 6.14. The molecule has 0 fully saturated rings. The molecule has 8 heteroatoms. The van der Waals surface area contributed by atoms with Gasteiger partial charge in [0.25, 0.3) is 0 Å². The van der Waals surface area contributed by atoms with Crippen molar-refractivity contribution in [2.45, 2.75) is 45.6 Å². The van der Waals surface area contributed by atoms with E-state index in [1.165, 1.54) is 13.2 Å². The van der Waals surface area contributed by atoms with Gasteiger partial charge in [0.15, 0.2) is 0 Å². The zero-order valence-corrected chi connectivity index (χ0v) is 16.2. The SMILES string of the molecule is CCCCC(NC(=O)Cc1c(C)c2cc(Cl)c(OC)cc2oc1=O)C(=O)O. The van der Waals surface area contributed by atoms with Crippen molar-refractivity contribution in [1.29, 1.82) is 0 Å². The van der Waals surface area contributed by atoms with Crippen LogP contribution in [0.5, 0.6) is 5.75 Å². The molecule has 27 heavy (non-hydrogen) atoms. The molecule has 0 radical (unpaired) electrons. The number of carbonyl (C=O) groups excluding carboxylic acids is 1. The first-order valence-corrected chi connectivity index (χ1v) is 8.98. The molecule has 1 aromatic carbocycles. The number of unbranched alkanes of at least 4 members (excludes halogenated alkanes) is 1. The summed E-state index contributed by atoms with van der Waals surface area (Å²) < 4.78 is 10.4. The van der Waals surface area contributed by atoms with Gasteiger partial charge in [0.1, 0.15) is 17.4 Å². The number of fused-ring (bicyclic) bond motifs is 1. The molecule has 1 aromatic heterocycles. The second-order valence-corrected chi connectivity index (χ2v) is 6.66. The average molecular weight is 396 g/mol. The van der Waals surface area contributed by atoms with Crippen molar-refractivity contribution in [2.24, 2.45) is 0 Å². The Bertz CT molecular complexity index is 921. The fourth-order valence-electron chi connectivity index (χ4n) is 2.82. The number of hydrogen-bond donors (Lipinski definition) is 2. The van der Waals surface area contributed by atoms with E-state index in [0.717, 1.165) is 6.42 Å². The average Bonchev–Trinajstić information content (AvgIpc) is 2.62. The monoisotopic (exact) mass is 395 g/mol. The van der Waals surface area contributed by atoms with Gasteiger partial charge in [-0.3, -0.25) is 4.79 Å². The molecule has 2 aromatic rings. The van der Waals surface area contributed by atoms with Gasteiger partial charge in [0.05, 0.1) is 24.1 Å². The van der Waals surface area contributed by atoms with Crippen LogP contribution in [0.15, 0.2) is 21.3 Å². The lowest BCUT2D eigenvalue weighted by atomic mass is 10.0. The van der Waals surface area contributed by atoms with E-state index < -0.39 is 23.5 Å². The highest BCUT2D eigenvalue weighted by molar-refractivity contribution is 6.32. The lowest BCUT2D eigenvalue weighted by Gasteiger charge is -2.15. The maximum atomic E-state index is 12.3.